The number of aliphatic hydroxyl groups excluding tert-OH is 1. The van der Waals surface area contributed by atoms with Crippen molar-refractivity contribution in [1.29, 1.82) is 0 Å². The molecule has 0 aromatic heterocycles. The van der Waals surface area contributed by atoms with Crippen LogP contribution in [0.3, 0.4) is 0 Å². The summed E-state index contributed by atoms with van der Waals surface area (Å²) in [4.78, 5) is -0.376. The van der Waals surface area contributed by atoms with Gasteiger partial charge in [-0.25, -0.2) is 17.5 Å². The van der Waals surface area contributed by atoms with Gasteiger partial charge >= 0.3 is 0 Å². The molecule has 4 nitrogen and oxygen atoms in total. The first-order chi connectivity index (χ1) is 8.94. The molecule has 6 heteroatoms. The van der Waals surface area contributed by atoms with Gasteiger partial charge in [-0.05, 0) is 30.5 Å². The van der Waals surface area contributed by atoms with Crippen molar-refractivity contribution >= 4 is 10.0 Å². The summed E-state index contributed by atoms with van der Waals surface area (Å²) in [6.45, 7) is 3.53. The molecule has 0 aliphatic heterocycles. The predicted octanol–water partition coefficient (Wildman–Crippen LogP) is 2.17. The number of hydrogen-bond donors (Lipinski definition) is 2. The normalized spacial score (nSPS) is 13.5. The number of hydrogen-bond acceptors (Lipinski definition) is 3. The molecule has 1 rings (SSSR count). The Labute approximate surface area is 113 Å². The number of nitrogens with one attached hydrogen (secondary N) is 1. The van der Waals surface area contributed by atoms with Crippen LogP contribution < -0.4 is 4.72 Å². The van der Waals surface area contributed by atoms with Gasteiger partial charge in [-0.2, -0.15) is 0 Å². The lowest BCUT2D eigenvalue weighted by Crippen LogP contribution is -2.34. The highest BCUT2D eigenvalue weighted by Crippen LogP contribution is 2.17. The third-order valence-corrected chi connectivity index (χ3v) is 4.47. The molecular weight excluding hydrogens is 269 g/mol. The smallest absolute Gasteiger partial charge is 0.243 e. The molecule has 0 aliphatic rings. The minimum atomic E-state index is -3.86. The molecule has 108 valence electrons. The molecule has 0 saturated heterocycles. The Morgan fingerprint density at radius 1 is 1.37 bits per heavy atom. The largest absolute Gasteiger partial charge is 0.392 e. The average Bonchev–Trinajstić information content (AvgIpc) is 2.37. The SMILES string of the molecule is CCCC(CC)NS(=O)(=O)c1ccc(CO)cc1F. The van der Waals surface area contributed by atoms with Crippen LogP contribution in [0.25, 0.3) is 0 Å². The standard InChI is InChI=1S/C13H20FNO3S/c1-3-5-11(4-2)15-19(17,18)13-7-6-10(9-16)8-12(13)14/h6-8,11,15-16H,3-5,9H2,1-2H3. The molecule has 19 heavy (non-hydrogen) atoms. The van der Waals surface area contributed by atoms with Crippen molar-refractivity contribution in [2.75, 3.05) is 0 Å². The molecule has 1 aromatic carbocycles. The number of halogens is 1. The topological polar surface area (TPSA) is 66.4 Å². The zero-order valence-electron chi connectivity index (χ0n) is 11.2. The highest BCUT2D eigenvalue weighted by Gasteiger charge is 2.22. The van der Waals surface area contributed by atoms with E-state index >= 15 is 0 Å². The van der Waals surface area contributed by atoms with E-state index in [9.17, 15) is 12.8 Å². The lowest BCUT2D eigenvalue weighted by atomic mass is 10.1. The Balaban J connectivity index is 3.00. The van der Waals surface area contributed by atoms with Crippen molar-refractivity contribution in [3.05, 3.63) is 29.6 Å². The van der Waals surface area contributed by atoms with Gasteiger partial charge in [0.15, 0.2) is 0 Å². The van der Waals surface area contributed by atoms with Crippen LogP contribution in [-0.2, 0) is 16.6 Å². The van der Waals surface area contributed by atoms with E-state index in [1.54, 1.807) is 0 Å². The quantitative estimate of drug-likeness (QED) is 0.808. The van der Waals surface area contributed by atoms with Crippen molar-refractivity contribution in [2.24, 2.45) is 0 Å². The molecule has 0 aliphatic carbocycles. The van der Waals surface area contributed by atoms with Crippen LogP contribution in [0.1, 0.15) is 38.7 Å². The van der Waals surface area contributed by atoms with Crippen molar-refractivity contribution in [2.45, 2.75) is 50.7 Å². The Morgan fingerprint density at radius 2 is 2.05 bits per heavy atom. The molecule has 0 bridgehead atoms. The first-order valence-corrected chi connectivity index (χ1v) is 7.84. The summed E-state index contributed by atoms with van der Waals surface area (Å²) in [6, 6.07) is 3.43. The van der Waals surface area contributed by atoms with E-state index in [0.29, 0.717) is 18.4 Å². The predicted molar refractivity (Wildman–Crippen MR) is 71.6 cm³/mol. The Morgan fingerprint density at radius 3 is 2.53 bits per heavy atom. The van der Waals surface area contributed by atoms with E-state index in [4.69, 9.17) is 5.11 Å². The van der Waals surface area contributed by atoms with Crippen molar-refractivity contribution in [3.63, 3.8) is 0 Å². The first-order valence-electron chi connectivity index (χ1n) is 6.36. The zero-order valence-corrected chi connectivity index (χ0v) is 12.0. The van der Waals surface area contributed by atoms with Crippen LogP contribution in [0.2, 0.25) is 0 Å². The number of rotatable bonds is 7. The van der Waals surface area contributed by atoms with Crippen molar-refractivity contribution < 1.29 is 17.9 Å². The first kappa shape index (κ1) is 16.1. The van der Waals surface area contributed by atoms with Gasteiger partial charge in [-0.15, -0.1) is 0 Å². The molecule has 2 N–H and O–H groups in total. The monoisotopic (exact) mass is 289 g/mol. The van der Waals surface area contributed by atoms with E-state index in [-0.39, 0.29) is 17.5 Å². The molecule has 0 radical (unpaired) electrons. The summed E-state index contributed by atoms with van der Waals surface area (Å²) in [7, 11) is -3.86. The molecule has 0 spiro atoms. The molecule has 1 unspecified atom stereocenters. The summed E-state index contributed by atoms with van der Waals surface area (Å²) < 4.78 is 40.4. The molecule has 0 saturated carbocycles. The lowest BCUT2D eigenvalue weighted by Gasteiger charge is -2.16. The van der Waals surface area contributed by atoms with Crippen LogP contribution in [-0.4, -0.2) is 19.6 Å². The van der Waals surface area contributed by atoms with E-state index in [1.165, 1.54) is 12.1 Å². The van der Waals surface area contributed by atoms with E-state index in [2.05, 4.69) is 4.72 Å². The van der Waals surface area contributed by atoms with Gasteiger partial charge in [0.2, 0.25) is 10.0 Å². The molecule has 0 fully saturated rings. The second-order valence-electron chi connectivity index (χ2n) is 4.44. The van der Waals surface area contributed by atoms with Gasteiger partial charge in [0.25, 0.3) is 0 Å². The van der Waals surface area contributed by atoms with Gasteiger partial charge in [-0.3, -0.25) is 0 Å². The summed E-state index contributed by atoms with van der Waals surface area (Å²) >= 11 is 0. The van der Waals surface area contributed by atoms with Crippen LogP contribution in [0, 0.1) is 5.82 Å². The van der Waals surface area contributed by atoms with E-state index in [1.807, 2.05) is 13.8 Å². The summed E-state index contributed by atoms with van der Waals surface area (Å²) in [5, 5.41) is 8.88. The maximum atomic E-state index is 13.7. The lowest BCUT2D eigenvalue weighted by molar-refractivity contribution is 0.281. The van der Waals surface area contributed by atoms with Crippen LogP contribution in [0.4, 0.5) is 4.39 Å². The minimum absolute atomic E-state index is 0.188. The molecule has 1 atom stereocenters. The summed E-state index contributed by atoms with van der Waals surface area (Å²) in [5.41, 5.74) is 0.344. The number of aliphatic hydroxyl groups is 1. The Bertz CT molecular complexity index is 517. The number of sulfonamides is 1. The molecule has 1 aromatic rings. The minimum Gasteiger partial charge on any atom is -0.392 e. The number of benzene rings is 1. The third kappa shape index (κ3) is 4.26. The highest BCUT2D eigenvalue weighted by molar-refractivity contribution is 7.89. The van der Waals surface area contributed by atoms with Crippen molar-refractivity contribution in [1.82, 2.24) is 4.72 Å². The summed E-state index contributed by atoms with van der Waals surface area (Å²) in [5.74, 6) is -0.842. The molecule has 0 amide bonds. The van der Waals surface area contributed by atoms with Gasteiger partial charge in [0, 0.05) is 6.04 Å². The highest BCUT2D eigenvalue weighted by atomic mass is 32.2. The fourth-order valence-electron chi connectivity index (χ4n) is 1.84. The third-order valence-electron chi connectivity index (χ3n) is 2.92. The Kier molecular flexibility index (Phi) is 5.90. The van der Waals surface area contributed by atoms with Crippen molar-refractivity contribution in [3.8, 4) is 0 Å². The Hall–Kier alpha value is -0.980. The average molecular weight is 289 g/mol. The fourth-order valence-corrected chi connectivity index (χ4v) is 3.25. The van der Waals surface area contributed by atoms with Gasteiger partial charge in [-0.1, -0.05) is 26.3 Å². The summed E-state index contributed by atoms with van der Waals surface area (Å²) in [6.07, 6.45) is 2.22. The molecular formula is C13H20FNO3S. The zero-order chi connectivity index (χ0) is 14.5. The van der Waals surface area contributed by atoms with E-state index < -0.39 is 15.8 Å². The second kappa shape index (κ2) is 6.98. The molecule has 0 heterocycles. The van der Waals surface area contributed by atoms with Crippen LogP contribution in [0.5, 0.6) is 0 Å². The van der Waals surface area contributed by atoms with Gasteiger partial charge in [0.05, 0.1) is 6.61 Å². The fraction of sp³-hybridized carbons (Fsp3) is 0.538. The van der Waals surface area contributed by atoms with Gasteiger partial charge < -0.3 is 5.11 Å². The van der Waals surface area contributed by atoms with Crippen LogP contribution in [0.15, 0.2) is 23.1 Å². The van der Waals surface area contributed by atoms with Crippen LogP contribution >= 0.6 is 0 Å². The maximum Gasteiger partial charge on any atom is 0.243 e. The maximum absolute atomic E-state index is 13.7. The van der Waals surface area contributed by atoms with Gasteiger partial charge in [0.1, 0.15) is 10.7 Å². The second-order valence-corrected chi connectivity index (χ2v) is 6.12. The van der Waals surface area contributed by atoms with E-state index in [0.717, 1.165) is 12.5 Å².